The van der Waals surface area contributed by atoms with E-state index in [-0.39, 0.29) is 18.0 Å². The number of rotatable bonds is 2. The van der Waals surface area contributed by atoms with Gasteiger partial charge in [-0.05, 0) is 44.9 Å². The number of carbonyl (C=O) groups is 1. The molecule has 1 fully saturated rings. The summed E-state index contributed by atoms with van der Waals surface area (Å²) in [5, 5.41) is 0. The highest BCUT2D eigenvalue weighted by Gasteiger charge is 2.24. The van der Waals surface area contributed by atoms with Crippen molar-refractivity contribution in [2.45, 2.75) is 57.5 Å². The van der Waals surface area contributed by atoms with Gasteiger partial charge in [-0.3, -0.25) is 4.79 Å². The number of esters is 1. The van der Waals surface area contributed by atoms with Crippen molar-refractivity contribution in [3.05, 3.63) is 12.2 Å². The van der Waals surface area contributed by atoms with E-state index in [0.717, 1.165) is 32.1 Å². The van der Waals surface area contributed by atoms with Crippen molar-refractivity contribution < 1.29 is 9.53 Å². The Bertz CT molecular complexity index is 239. The van der Waals surface area contributed by atoms with E-state index in [0.29, 0.717) is 0 Å². The molecule has 2 nitrogen and oxygen atoms in total. The van der Waals surface area contributed by atoms with Crippen molar-refractivity contribution in [1.82, 2.24) is 0 Å². The lowest BCUT2D eigenvalue weighted by Crippen LogP contribution is -2.26. The Hall–Kier alpha value is -0.790. The predicted molar refractivity (Wildman–Crippen MR) is 59.4 cm³/mol. The third kappa shape index (κ3) is 3.08. The molecule has 0 saturated heterocycles. The molecule has 0 spiro atoms. The van der Waals surface area contributed by atoms with Gasteiger partial charge < -0.3 is 4.74 Å². The van der Waals surface area contributed by atoms with Gasteiger partial charge in [-0.1, -0.05) is 18.6 Å². The van der Waals surface area contributed by atoms with Gasteiger partial charge in [-0.15, -0.1) is 0 Å². The SMILES string of the molecule is O=C(OC1CCCCC1)C1CC=CCC1. The first-order chi connectivity index (χ1) is 7.36. The summed E-state index contributed by atoms with van der Waals surface area (Å²) < 4.78 is 5.56. The molecule has 84 valence electrons. The summed E-state index contributed by atoms with van der Waals surface area (Å²) in [6, 6.07) is 0. The predicted octanol–water partition coefficient (Wildman–Crippen LogP) is 3.22. The Morgan fingerprint density at radius 3 is 2.53 bits per heavy atom. The molecule has 15 heavy (non-hydrogen) atoms. The van der Waals surface area contributed by atoms with Crippen LogP contribution in [0.1, 0.15) is 51.4 Å². The maximum atomic E-state index is 11.8. The van der Waals surface area contributed by atoms with Crippen LogP contribution >= 0.6 is 0 Å². The highest BCUT2D eigenvalue weighted by Crippen LogP contribution is 2.24. The number of hydrogen-bond donors (Lipinski definition) is 0. The molecule has 0 aromatic carbocycles. The fourth-order valence-electron chi connectivity index (χ4n) is 2.45. The van der Waals surface area contributed by atoms with Crippen LogP contribution in [0.3, 0.4) is 0 Å². The second-order valence-electron chi connectivity index (χ2n) is 4.68. The summed E-state index contributed by atoms with van der Waals surface area (Å²) in [4.78, 5) is 11.8. The molecular formula is C13H20O2. The van der Waals surface area contributed by atoms with Gasteiger partial charge in [0.25, 0.3) is 0 Å². The van der Waals surface area contributed by atoms with E-state index in [9.17, 15) is 4.79 Å². The standard InChI is InChI=1S/C13H20O2/c14-13(11-7-3-1-4-8-11)15-12-9-5-2-6-10-12/h1,3,11-12H,2,4-10H2. The summed E-state index contributed by atoms with van der Waals surface area (Å²) >= 11 is 0. The van der Waals surface area contributed by atoms with Crippen molar-refractivity contribution in [3.63, 3.8) is 0 Å². The number of carbonyl (C=O) groups excluding carboxylic acids is 1. The zero-order valence-electron chi connectivity index (χ0n) is 9.28. The Morgan fingerprint density at radius 2 is 1.87 bits per heavy atom. The van der Waals surface area contributed by atoms with Crippen LogP contribution in [0.25, 0.3) is 0 Å². The quantitative estimate of drug-likeness (QED) is 0.514. The fourth-order valence-corrected chi connectivity index (χ4v) is 2.45. The summed E-state index contributed by atoms with van der Waals surface area (Å²) in [6.45, 7) is 0. The molecule has 0 amide bonds. The molecule has 0 aromatic heterocycles. The summed E-state index contributed by atoms with van der Waals surface area (Å²) in [5.74, 6) is 0.183. The minimum absolute atomic E-state index is 0.0475. The van der Waals surface area contributed by atoms with Gasteiger partial charge in [0.1, 0.15) is 6.10 Å². The summed E-state index contributed by atoms with van der Waals surface area (Å²) in [7, 11) is 0. The highest BCUT2D eigenvalue weighted by atomic mass is 16.5. The van der Waals surface area contributed by atoms with E-state index >= 15 is 0 Å². The highest BCUT2D eigenvalue weighted by molar-refractivity contribution is 5.73. The minimum atomic E-state index is 0.0475. The zero-order valence-corrected chi connectivity index (χ0v) is 9.28. The molecule has 1 unspecified atom stereocenters. The Kier molecular flexibility index (Phi) is 3.81. The van der Waals surface area contributed by atoms with Crippen molar-refractivity contribution >= 4 is 5.97 Å². The van der Waals surface area contributed by atoms with Gasteiger partial charge in [-0.2, -0.15) is 0 Å². The van der Waals surface area contributed by atoms with E-state index in [1.54, 1.807) is 0 Å². The van der Waals surface area contributed by atoms with Crippen LogP contribution in [-0.4, -0.2) is 12.1 Å². The average Bonchev–Trinajstić information content (AvgIpc) is 2.31. The molecule has 0 aromatic rings. The third-order valence-corrected chi connectivity index (χ3v) is 3.44. The largest absolute Gasteiger partial charge is 0.462 e. The maximum Gasteiger partial charge on any atom is 0.309 e. The van der Waals surface area contributed by atoms with E-state index in [4.69, 9.17) is 4.74 Å². The van der Waals surface area contributed by atoms with Gasteiger partial charge in [0.2, 0.25) is 0 Å². The van der Waals surface area contributed by atoms with Crippen molar-refractivity contribution in [1.29, 1.82) is 0 Å². The van der Waals surface area contributed by atoms with E-state index in [1.807, 2.05) is 0 Å². The normalized spacial score (nSPS) is 27.6. The molecule has 0 bridgehead atoms. The van der Waals surface area contributed by atoms with Crippen molar-refractivity contribution in [3.8, 4) is 0 Å². The minimum Gasteiger partial charge on any atom is -0.462 e. The fraction of sp³-hybridized carbons (Fsp3) is 0.769. The summed E-state index contributed by atoms with van der Waals surface area (Å²) in [5.41, 5.74) is 0. The lowest BCUT2D eigenvalue weighted by molar-refractivity contribution is -0.155. The van der Waals surface area contributed by atoms with E-state index < -0.39 is 0 Å². The number of ether oxygens (including phenoxy) is 1. The molecular weight excluding hydrogens is 188 g/mol. The van der Waals surface area contributed by atoms with Gasteiger partial charge in [-0.25, -0.2) is 0 Å². The van der Waals surface area contributed by atoms with Gasteiger partial charge in [0.15, 0.2) is 0 Å². The first-order valence-corrected chi connectivity index (χ1v) is 6.22. The molecule has 1 saturated carbocycles. The zero-order chi connectivity index (χ0) is 10.5. The Labute approximate surface area is 91.7 Å². The number of allylic oxidation sites excluding steroid dienone is 2. The second kappa shape index (κ2) is 5.34. The van der Waals surface area contributed by atoms with Crippen molar-refractivity contribution in [2.75, 3.05) is 0 Å². The van der Waals surface area contributed by atoms with Crippen LogP contribution < -0.4 is 0 Å². The van der Waals surface area contributed by atoms with Crippen LogP contribution in [0.2, 0.25) is 0 Å². The molecule has 1 atom stereocenters. The Balaban J connectivity index is 1.77. The van der Waals surface area contributed by atoms with Crippen molar-refractivity contribution in [2.24, 2.45) is 5.92 Å². The van der Waals surface area contributed by atoms with Gasteiger partial charge >= 0.3 is 5.97 Å². The van der Waals surface area contributed by atoms with Crippen LogP contribution in [0.4, 0.5) is 0 Å². The van der Waals surface area contributed by atoms with Crippen LogP contribution in [0.15, 0.2) is 12.2 Å². The third-order valence-electron chi connectivity index (χ3n) is 3.44. The monoisotopic (exact) mass is 208 g/mol. The average molecular weight is 208 g/mol. The van der Waals surface area contributed by atoms with Crippen LogP contribution in [0, 0.1) is 5.92 Å². The summed E-state index contributed by atoms with van der Waals surface area (Å²) in [6.07, 6.45) is 13.3. The molecule has 0 aliphatic heterocycles. The lowest BCUT2D eigenvalue weighted by Gasteiger charge is -2.25. The molecule has 2 heteroatoms. The lowest BCUT2D eigenvalue weighted by atomic mass is 9.94. The molecule has 2 rings (SSSR count). The van der Waals surface area contributed by atoms with E-state index in [1.165, 1.54) is 19.3 Å². The Morgan fingerprint density at radius 1 is 1.07 bits per heavy atom. The number of hydrogen-bond acceptors (Lipinski definition) is 2. The van der Waals surface area contributed by atoms with Gasteiger partial charge in [0, 0.05) is 0 Å². The molecule has 0 radical (unpaired) electrons. The first-order valence-electron chi connectivity index (χ1n) is 6.22. The topological polar surface area (TPSA) is 26.3 Å². The molecule has 2 aliphatic rings. The molecule has 0 heterocycles. The molecule has 0 N–H and O–H groups in total. The maximum absolute atomic E-state index is 11.8. The van der Waals surface area contributed by atoms with Gasteiger partial charge in [0.05, 0.1) is 5.92 Å². The smallest absolute Gasteiger partial charge is 0.309 e. The van der Waals surface area contributed by atoms with Crippen LogP contribution in [0.5, 0.6) is 0 Å². The van der Waals surface area contributed by atoms with Crippen LogP contribution in [-0.2, 0) is 9.53 Å². The van der Waals surface area contributed by atoms with E-state index in [2.05, 4.69) is 12.2 Å². The second-order valence-corrected chi connectivity index (χ2v) is 4.68. The molecule has 2 aliphatic carbocycles. The first kappa shape index (κ1) is 10.7.